The zero-order valence-electron chi connectivity index (χ0n) is 20.2. The molecule has 0 spiro atoms. The first-order chi connectivity index (χ1) is 14.2. The van der Waals surface area contributed by atoms with Crippen LogP contribution in [-0.4, -0.2) is 63.0 Å². The molecule has 30 heavy (non-hydrogen) atoms. The molecular weight excluding hydrogens is 401 g/mol. The Kier molecular flexibility index (Phi) is 14.8. The highest BCUT2D eigenvalue weighted by Gasteiger charge is 2.31. The topological polar surface area (TPSA) is 65.0 Å². The van der Waals surface area contributed by atoms with Crippen molar-refractivity contribution in [2.24, 2.45) is 5.92 Å². The summed E-state index contributed by atoms with van der Waals surface area (Å²) >= 11 is 0. The molecule has 1 aliphatic rings. The Balaban J connectivity index is 2.07. The minimum absolute atomic E-state index is 0.148. The Morgan fingerprint density at radius 1 is 0.867 bits per heavy atom. The molecular formula is C23H49NO5P+. The molecule has 0 bridgehead atoms. The highest BCUT2D eigenvalue weighted by molar-refractivity contribution is 7.47. The summed E-state index contributed by atoms with van der Waals surface area (Å²) in [5.74, 6) is 0.190. The Labute approximate surface area is 185 Å². The number of hydrogen-bond donors (Lipinski definition) is 1. The van der Waals surface area contributed by atoms with E-state index < -0.39 is 7.82 Å². The van der Waals surface area contributed by atoms with Crippen LogP contribution in [-0.2, 0) is 18.3 Å². The van der Waals surface area contributed by atoms with Gasteiger partial charge in [-0.3, -0.25) is 9.05 Å². The van der Waals surface area contributed by atoms with Crippen LogP contribution >= 0.6 is 7.82 Å². The molecule has 1 fully saturated rings. The summed E-state index contributed by atoms with van der Waals surface area (Å²) in [4.78, 5) is 9.90. The summed E-state index contributed by atoms with van der Waals surface area (Å²) < 4.78 is 29.2. The monoisotopic (exact) mass is 450 g/mol. The summed E-state index contributed by atoms with van der Waals surface area (Å²) in [6.07, 6.45) is 16.4. The Bertz CT molecular complexity index is 469. The first-order valence-electron chi connectivity index (χ1n) is 12.3. The van der Waals surface area contributed by atoms with Crippen LogP contribution < -0.4 is 0 Å². The van der Waals surface area contributed by atoms with Crippen LogP contribution in [0, 0.1) is 5.92 Å². The number of hydrogen-bond acceptors (Lipinski definition) is 4. The van der Waals surface area contributed by atoms with Crippen molar-refractivity contribution in [3.05, 3.63) is 0 Å². The third kappa shape index (κ3) is 14.9. The van der Waals surface area contributed by atoms with Gasteiger partial charge in [-0.25, -0.2) is 4.57 Å². The molecule has 6 nitrogen and oxygen atoms in total. The molecule has 0 heterocycles. The van der Waals surface area contributed by atoms with Gasteiger partial charge in [0.15, 0.2) is 0 Å². The third-order valence-corrected chi connectivity index (χ3v) is 6.87. The Morgan fingerprint density at radius 3 is 2.07 bits per heavy atom. The molecule has 0 aromatic rings. The van der Waals surface area contributed by atoms with E-state index in [-0.39, 0.29) is 25.2 Å². The van der Waals surface area contributed by atoms with Crippen molar-refractivity contribution in [3.63, 3.8) is 0 Å². The predicted octanol–water partition coefficient (Wildman–Crippen LogP) is 5.93. The lowest BCUT2D eigenvalue weighted by molar-refractivity contribution is -0.870. The van der Waals surface area contributed by atoms with Gasteiger partial charge in [0.2, 0.25) is 0 Å². The first-order valence-corrected chi connectivity index (χ1v) is 13.8. The number of phosphoric ester groups is 1. The fourth-order valence-electron chi connectivity index (χ4n) is 3.89. The maximum absolute atomic E-state index is 12.1. The van der Waals surface area contributed by atoms with Crippen LogP contribution in [0.4, 0.5) is 0 Å². The number of likely N-dealkylation sites (N-methyl/N-ethyl adjacent to an activating group) is 1. The van der Waals surface area contributed by atoms with Gasteiger partial charge < -0.3 is 14.1 Å². The average Bonchev–Trinajstić information content (AvgIpc) is 3.11. The van der Waals surface area contributed by atoms with E-state index in [1.165, 1.54) is 57.8 Å². The smallest absolute Gasteiger partial charge is 0.378 e. The summed E-state index contributed by atoms with van der Waals surface area (Å²) in [5, 5.41) is 0. The zero-order chi connectivity index (χ0) is 22.3. The number of unbranched alkanes of at least 4 members (excludes halogenated alkanes) is 9. The highest BCUT2D eigenvalue weighted by atomic mass is 31.2. The van der Waals surface area contributed by atoms with Crippen molar-refractivity contribution in [1.29, 1.82) is 0 Å². The number of quaternary nitrogens is 1. The molecule has 3 atom stereocenters. The summed E-state index contributed by atoms with van der Waals surface area (Å²) in [7, 11) is 2.07. The van der Waals surface area contributed by atoms with Crippen LogP contribution in [0.5, 0.6) is 0 Å². The second-order valence-electron chi connectivity index (χ2n) is 9.89. The molecule has 180 valence electrons. The number of phosphoric acid groups is 1. The van der Waals surface area contributed by atoms with E-state index in [4.69, 9.17) is 13.8 Å². The summed E-state index contributed by atoms with van der Waals surface area (Å²) in [6.45, 7) is 4.15. The van der Waals surface area contributed by atoms with E-state index in [0.29, 0.717) is 11.0 Å². The van der Waals surface area contributed by atoms with Gasteiger partial charge in [-0.05, 0) is 19.3 Å². The lowest BCUT2D eigenvalue weighted by Gasteiger charge is -2.24. The van der Waals surface area contributed by atoms with Crippen LogP contribution in [0.3, 0.4) is 0 Å². The molecule has 1 rings (SSSR count). The molecule has 1 aliphatic carbocycles. The summed E-state index contributed by atoms with van der Waals surface area (Å²) in [6, 6.07) is 0. The molecule has 0 aromatic heterocycles. The number of rotatable bonds is 19. The standard InChI is InChI=1S/C23H48NO5P/c1-5-6-7-8-9-10-11-12-13-14-19-27-23-17-15-16-22(23)21-29-30(25,26)28-20-18-24(2,3)4/h22-23H,5-21H2,1-4H3/p+1/t22-,23-/m0/s1. The summed E-state index contributed by atoms with van der Waals surface area (Å²) in [5.41, 5.74) is 0. The van der Waals surface area contributed by atoms with Crippen LogP contribution in [0.2, 0.25) is 0 Å². The molecule has 7 heteroatoms. The number of nitrogens with zero attached hydrogens (tertiary/aromatic N) is 1. The van der Waals surface area contributed by atoms with Crippen molar-refractivity contribution < 1.29 is 27.7 Å². The largest absolute Gasteiger partial charge is 0.472 e. The van der Waals surface area contributed by atoms with E-state index in [2.05, 4.69) is 6.92 Å². The molecule has 0 aromatic carbocycles. The predicted molar refractivity (Wildman–Crippen MR) is 124 cm³/mol. The zero-order valence-corrected chi connectivity index (χ0v) is 21.0. The fraction of sp³-hybridized carbons (Fsp3) is 1.00. The van der Waals surface area contributed by atoms with Gasteiger partial charge in [-0.15, -0.1) is 0 Å². The van der Waals surface area contributed by atoms with E-state index in [0.717, 1.165) is 32.3 Å². The van der Waals surface area contributed by atoms with Gasteiger partial charge in [0.1, 0.15) is 13.2 Å². The lowest BCUT2D eigenvalue weighted by atomic mass is 10.1. The quantitative estimate of drug-likeness (QED) is 0.150. The molecule has 1 unspecified atom stereocenters. The Morgan fingerprint density at radius 2 is 1.47 bits per heavy atom. The molecule has 1 saturated carbocycles. The second-order valence-corrected chi connectivity index (χ2v) is 11.3. The SMILES string of the molecule is CCCCCCCCCCCCO[C@H]1CCC[C@H]1COP(=O)(O)OCC[N+](C)(C)C. The van der Waals surface area contributed by atoms with Gasteiger partial charge in [0.05, 0.1) is 33.9 Å². The number of ether oxygens (including phenoxy) is 1. The minimum Gasteiger partial charge on any atom is -0.378 e. The minimum atomic E-state index is -3.98. The first kappa shape index (κ1) is 28.1. The maximum Gasteiger partial charge on any atom is 0.472 e. The lowest BCUT2D eigenvalue weighted by Crippen LogP contribution is -2.37. The Hall–Kier alpha value is 0.0300. The third-order valence-electron chi connectivity index (χ3n) is 5.89. The van der Waals surface area contributed by atoms with Crippen molar-refractivity contribution in [1.82, 2.24) is 0 Å². The van der Waals surface area contributed by atoms with Crippen molar-refractivity contribution in [2.75, 3.05) is 47.5 Å². The molecule has 0 saturated heterocycles. The van der Waals surface area contributed by atoms with Crippen LogP contribution in [0.1, 0.15) is 90.4 Å². The van der Waals surface area contributed by atoms with E-state index >= 15 is 0 Å². The van der Waals surface area contributed by atoms with Gasteiger partial charge >= 0.3 is 7.82 Å². The van der Waals surface area contributed by atoms with Gasteiger partial charge in [-0.2, -0.15) is 0 Å². The van der Waals surface area contributed by atoms with Crippen molar-refractivity contribution in [2.45, 2.75) is 96.5 Å². The van der Waals surface area contributed by atoms with E-state index in [1.54, 1.807) is 0 Å². The van der Waals surface area contributed by atoms with Gasteiger partial charge in [-0.1, -0.05) is 71.1 Å². The van der Waals surface area contributed by atoms with Crippen LogP contribution in [0.15, 0.2) is 0 Å². The molecule has 1 N–H and O–H groups in total. The average molecular weight is 451 g/mol. The fourth-order valence-corrected chi connectivity index (χ4v) is 4.66. The molecule has 0 amide bonds. The van der Waals surface area contributed by atoms with Gasteiger partial charge in [0, 0.05) is 12.5 Å². The van der Waals surface area contributed by atoms with E-state index in [1.807, 2.05) is 21.1 Å². The van der Waals surface area contributed by atoms with Gasteiger partial charge in [0.25, 0.3) is 0 Å². The van der Waals surface area contributed by atoms with E-state index in [9.17, 15) is 9.46 Å². The second kappa shape index (κ2) is 15.8. The van der Waals surface area contributed by atoms with Crippen molar-refractivity contribution >= 4 is 7.82 Å². The highest BCUT2D eigenvalue weighted by Crippen LogP contribution is 2.44. The molecule has 0 aliphatic heterocycles. The molecule has 0 radical (unpaired) electrons. The van der Waals surface area contributed by atoms with Crippen LogP contribution in [0.25, 0.3) is 0 Å². The maximum atomic E-state index is 12.1. The van der Waals surface area contributed by atoms with Crippen molar-refractivity contribution in [3.8, 4) is 0 Å². The normalized spacial score (nSPS) is 21.8.